The fourth-order valence-electron chi connectivity index (χ4n) is 1.74. The summed E-state index contributed by atoms with van der Waals surface area (Å²) in [6, 6.07) is 6.31. The van der Waals surface area contributed by atoms with Gasteiger partial charge in [-0.05, 0) is 29.8 Å². The second-order valence-electron chi connectivity index (χ2n) is 4.20. The molecule has 20 heavy (non-hydrogen) atoms. The molecule has 2 aromatic heterocycles. The molecule has 0 atom stereocenters. The van der Waals surface area contributed by atoms with Gasteiger partial charge in [0.1, 0.15) is 18.0 Å². The van der Waals surface area contributed by atoms with Crippen LogP contribution in [0.2, 0.25) is 0 Å². The number of hydrogen-bond acceptors (Lipinski definition) is 4. The van der Waals surface area contributed by atoms with E-state index < -0.39 is 0 Å². The third-order valence-corrected chi connectivity index (χ3v) is 3.73. The van der Waals surface area contributed by atoms with Crippen molar-refractivity contribution in [3.63, 3.8) is 0 Å². The van der Waals surface area contributed by atoms with Crippen molar-refractivity contribution in [3.05, 3.63) is 48.4 Å². The number of benzene rings is 1. The average Bonchev–Trinajstić information content (AvgIpc) is 3.06. The van der Waals surface area contributed by atoms with Crippen LogP contribution < -0.4 is 0 Å². The van der Waals surface area contributed by atoms with Gasteiger partial charge in [-0.1, -0.05) is 11.8 Å². The minimum absolute atomic E-state index is 0.245. The summed E-state index contributed by atoms with van der Waals surface area (Å²) >= 11 is 1.55. The summed E-state index contributed by atoms with van der Waals surface area (Å²) in [6.07, 6.45) is 3.27. The predicted octanol–water partition coefficient (Wildman–Crippen LogP) is 2.64. The van der Waals surface area contributed by atoms with Crippen LogP contribution >= 0.6 is 11.8 Å². The SMILES string of the molecule is Cn1ncnc1CSc1ncc(-c2ccc(F)cc2)[nH]1. The number of rotatable bonds is 4. The quantitative estimate of drug-likeness (QED) is 0.750. The molecule has 1 N–H and O–H groups in total. The zero-order chi connectivity index (χ0) is 13.9. The van der Waals surface area contributed by atoms with E-state index in [1.807, 2.05) is 7.05 Å². The lowest BCUT2D eigenvalue weighted by Gasteiger charge is -1.98. The number of thioether (sulfide) groups is 1. The molecule has 102 valence electrons. The van der Waals surface area contributed by atoms with Crippen LogP contribution in [0, 0.1) is 5.82 Å². The van der Waals surface area contributed by atoms with Crippen LogP contribution in [-0.2, 0) is 12.8 Å². The highest BCUT2D eigenvalue weighted by Crippen LogP contribution is 2.23. The summed E-state index contributed by atoms with van der Waals surface area (Å²) in [5, 5.41) is 4.81. The monoisotopic (exact) mass is 289 g/mol. The van der Waals surface area contributed by atoms with Crippen molar-refractivity contribution in [2.24, 2.45) is 7.05 Å². The van der Waals surface area contributed by atoms with Crippen LogP contribution in [0.5, 0.6) is 0 Å². The fourth-order valence-corrected chi connectivity index (χ4v) is 2.57. The number of aromatic nitrogens is 5. The molecule has 0 aliphatic carbocycles. The van der Waals surface area contributed by atoms with E-state index in [0.717, 1.165) is 22.2 Å². The van der Waals surface area contributed by atoms with Gasteiger partial charge in [0, 0.05) is 7.05 Å². The lowest BCUT2D eigenvalue weighted by Crippen LogP contribution is -1.97. The number of aryl methyl sites for hydroxylation is 1. The molecule has 3 rings (SSSR count). The lowest BCUT2D eigenvalue weighted by molar-refractivity contribution is 0.628. The molecule has 0 spiro atoms. The number of halogens is 1. The molecule has 0 radical (unpaired) electrons. The Bertz CT molecular complexity index is 704. The highest BCUT2D eigenvalue weighted by atomic mass is 32.2. The molecule has 7 heteroatoms. The van der Waals surface area contributed by atoms with Gasteiger partial charge in [0.2, 0.25) is 0 Å². The highest BCUT2D eigenvalue weighted by molar-refractivity contribution is 7.98. The summed E-state index contributed by atoms with van der Waals surface area (Å²) in [5.74, 6) is 1.33. The van der Waals surface area contributed by atoms with E-state index in [-0.39, 0.29) is 5.82 Å². The van der Waals surface area contributed by atoms with Gasteiger partial charge in [-0.2, -0.15) is 5.10 Å². The second-order valence-corrected chi connectivity index (χ2v) is 5.16. The third-order valence-electron chi connectivity index (χ3n) is 2.85. The first-order valence-corrected chi connectivity index (χ1v) is 6.97. The van der Waals surface area contributed by atoms with Gasteiger partial charge in [-0.15, -0.1) is 0 Å². The second kappa shape index (κ2) is 5.46. The lowest BCUT2D eigenvalue weighted by atomic mass is 10.2. The zero-order valence-corrected chi connectivity index (χ0v) is 11.6. The number of nitrogens with zero attached hydrogens (tertiary/aromatic N) is 4. The molecular formula is C13H12FN5S. The standard InChI is InChI=1S/C13H12FN5S/c1-19-12(16-8-17-19)7-20-13-15-6-11(18-13)9-2-4-10(14)5-3-9/h2-6,8H,7H2,1H3,(H,15,18). The van der Waals surface area contributed by atoms with Crippen molar-refractivity contribution in [1.82, 2.24) is 24.7 Å². The Kier molecular flexibility index (Phi) is 3.51. The topological polar surface area (TPSA) is 59.4 Å². The molecule has 0 unspecified atom stereocenters. The van der Waals surface area contributed by atoms with Crippen LogP contribution in [0.15, 0.2) is 41.9 Å². The Hall–Kier alpha value is -2.15. The van der Waals surface area contributed by atoms with Crippen LogP contribution in [0.3, 0.4) is 0 Å². The fraction of sp³-hybridized carbons (Fsp3) is 0.154. The molecular weight excluding hydrogens is 277 g/mol. The van der Waals surface area contributed by atoms with Crippen LogP contribution in [0.1, 0.15) is 5.82 Å². The van der Waals surface area contributed by atoms with E-state index in [9.17, 15) is 4.39 Å². The Morgan fingerprint density at radius 2 is 2.05 bits per heavy atom. The molecule has 5 nitrogen and oxygen atoms in total. The molecule has 3 aromatic rings. The van der Waals surface area contributed by atoms with Gasteiger partial charge in [-0.3, -0.25) is 4.68 Å². The molecule has 0 bridgehead atoms. The van der Waals surface area contributed by atoms with Crippen molar-refractivity contribution < 1.29 is 4.39 Å². The van der Waals surface area contributed by atoms with Gasteiger partial charge >= 0.3 is 0 Å². The molecule has 0 fully saturated rings. The number of nitrogens with one attached hydrogen (secondary N) is 1. The molecule has 1 aromatic carbocycles. The first-order chi connectivity index (χ1) is 9.72. The normalized spacial score (nSPS) is 10.9. The summed E-state index contributed by atoms with van der Waals surface area (Å²) in [5.41, 5.74) is 1.77. The molecule has 0 aliphatic heterocycles. The van der Waals surface area contributed by atoms with E-state index in [1.165, 1.54) is 18.5 Å². The summed E-state index contributed by atoms with van der Waals surface area (Å²) in [6.45, 7) is 0. The largest absolute Gasteiger partial charge is 0.333 e. The molecule has 0 aliphatic rings. The van der Waals surface area contributed by atoms with Crippen LogP contribution in [-0.4, -0.2) is 24.7 Å². The first-order valence-electron chi connectivity index (χ1n) is 5.99. The minimum Gasteiger partial charge on any atom is -0.333 e. The maximum absolute atomic E-state index is 12.9. The Morgan fingerprint density at radius 3 is 2.75 bits per heavy atom. The van der Waals surface area contributed by atoms with Gasteiger partial charge in [-0.25, -0.2) is 14.4 Å². The molecule has 2 heterocycles. The number of aromatic amines is 1. The maximum atomic E-state index is 12.9. The van der Waals surface area contributed by atoms with Crippen LogP contribution in [0.25, 0.3) is 11.3 Å². The molecule has 0 saturated heterocycles. The molecule has 0 saturated carbocycles. The van der Waals surface area contributed by atoms with Crippen molar-refractivity contribution in [2.45, 2.75) is 10.9 Å². The average molecular weight is 289 g/mol. The van der Waals surface area contributed by atoms with Crippen molar-refractivity contribution in [2.75, 3.05) is 0 Å². The Morgan fingerprint density at radius 1 is 1.25 bits per heavy atom. The van der Waals surface area contributed by atoms with Gasteiger partial charge in [0.15, 0.2) is 5.16 Å². The number of hydrogen-bond donors (Lipinski definition) is 1. The summed E-state index contributed by atoms with van der Waals surface area (Å²) in [4.78, 5) is 11.7. The smallest absolute Gasteiger partial charge is 0.166 e. The van der Waals surface area contributed by atoms with E-state index >= 15 is 0 Å². The van der Waals surface area contributed by atoms with Gasteiger partial charge < -0.3 is 4.98 Å². The van der Waals surface area contributed by atoms with Crippen molar-refractivity contribution in [3.8, 4) is 11.3 Å². The highest BCUT2D eigenvalue weighted by Gasteiger charge is 2.06. The minimum atomic E-state index is -0.245. The number of H-pyrrole nitrogens is 1. The Balaban J connectivity index is 1.71. The summed E-state index contributed by atoms with van der Waals surface area (Å²) < 4.78 is 14.6. The van der Waals surface area contributed by atoms with E-state index in [0.29, 0.717) is 5.75 Å². The maximum Gasteiger partial charge on any atom is 0.166 e. The van der Waals surface area contributed by atoms with Gasteiger partial charge in [0.05, 0.1) is 17.6 Å². The van der Waals surface area contributed by atoms with Crippen molar-refractivity contribution in [1.29, 1.82) is 0 Å². The van der Waals surface area contributed by atoms with E-state index in [2.05, 4.69) is 20.1 Å². The predicted molar refractivity (Wildman–Crippen MR) is 74.5 cm³/mol. The third kappa shape index (κ3) is 2.72. The molecule has 0 amide bonds. The Labute approximate surface area is 119 Å². The zero-order valence-electron chi connectivity index (χ0n) is 10.7. The van der Waals surface area contributed by atoms with Crippen LogP contribution in [0.4, 0.5) is 4.39 Å². The van der Waals surface area contributed by atoms with E-state index in [4.69, 9.17) is 0 Å². The van der Waals surface area contributed by atoms with E-state index in [1.54, 1.807) is 34.8 Å². The number of imidazole rings is 1. The summed E-state index contributed by atoms with van der Waals surface area (Å²) in [7, 11) is 1.86. The van der Waals surface area contributed by atoms with Gasteiger partial charge in [0.25, 0.3) is 0 Å². The first kappa shape index (κ1) is 12.9. The van der Waals surface area contributed by atoms with Crippen molar-refractivity contribution >= 4 is 11.8 Å².